The highest BCUT2D eigenvalue weighted by atomic mass is 35.5. The molecule has 84 valence electrons. The average molecular weight is 231 g/mol. The molecule has 15 heavy (non-hydrogen) atoms. The summed E-state index contributed by atoms with van der Waals surface area (Å²) in [6.45, 7) is 4.13. The first-order valence-electron chi connectivity index (χ1n) is 4.94. The smallest absolute Gasteiger partial charge is 0.144 e. The number of nitrogens with two attached hydrogens (primary N) is 1. The molecule has 2 N–H and O–H groups in total. The minimum Gasteiger partial charge on any atom is -0.397 e. The van der Waals surface area contributed by atoms with E-state index in [4.69, 9.17) is 17.3 Å². The Hall–Kier alpha value is -0.960. The van der Waals surface area contributed by atoms with Gasteiger partial charge in [-0.05, 0) is 19.4 Å². The Bertz CT molecular complexity index is 355. The highest BCUT2D eigenvalue weighted by molar-refractivity contribution is 6.31. The summed E-state index contributed by atoms with van der Waals surface area (Å²) in [7, 11) is 1.90. The molecule has 0 aliphatic carbocycles. The van der Waals surface area contributed by atoms with Gasteiger partial charge in [-0.1, -0.05) is 18.5 Å². The molecule has 0 saturated carbocycles. The molecule has 1 atom stereocenters. The Morgan fingerprint density at radius 2 is 2.13 bits per heavy atom. The third-order valence-electron chi connectivity index (χ3n) is 2.70. The van der Waals surface area contributed by atoms with Crippen molar-refractivity contribution in [2.24, 2.45) is 0 Å². The minimum absolute atomic E-state index is 0.0637. The number of nitrogens with zero attached hydrogens (tertiary/aromatic N) is 1. The Morgan fingerprint density at radius 3 is 2.67 bits per heavy atom. The molecule has 1 rings (SSSR count). The maximum Gasteiger partial charge on any atom is 0.144 e. The second kappa shape index (κ2) is 4.71. The molecule has 0 aliphatic heterocycles. The molecule has 0 heterocycles. The molecule has 0 bridgehead atoms. The van der Waals surface area contributed by atoms with Crippen molar-refractivity contribution in [1.82, 2.24) is 0 Å². The average Bonchev–Trinajstić information content (AvgIpc) is 2.21. The topological polar surface area (TPSA) is 29.3 Å². The van der Waals surface area contributed by atoms with Gasteiger partial charge in [0.05, 0.1) is 16.4 Å². The van der Waals surface area contributed by atoms with E-state index in [1.807, 2.05) is 11.9 Å². The summed E-state index contributed by atoms with van der Waals surface area (Å²) in [5.74, 6) is -0.434. The van der Waals surface area contributed by atoms with Crippen LogP contribution in [0.15, 0.2) is 12.1 Å². The van der Waals surface area contributed by atoms with Gasteiger partial charge < -0.3 is 10.6 Å². The Labute approximate surface area is 94.8 Å². The standard InChI is InChI=1S/C11H16ClFN2/c1-4-7(2)15(3)11-6-9(13)8(12)5-10(11)14/h5-7H,4,14H2,1-3H3. The van der Waals surface area contributed by atoms with E-state index in [0.717, 1.165) is 6.42 Å². The quantitative estimate of drug-likeness (QED) is 0.808. The molecule has 1 unspecified atom stereocenters. The molecule has 0 fully saturated rings. The third kappa shape index (κ3) is 2.53. The van der Waals surface area contributed by atoms with Crippen LogP contribution in [0.4, 0.5) is 15.8 Å². The predicted molar refractivity (Wildman–Crippen MR) is 64.0 cm³/mol. The van der Waals surface area contributed by atoms with Gasteiger partial charge in [-0.2, -0.15) is 0 Å². The van der Waals surface area contributed by atoms with Crippen molar-refractivity contribution in [3.63, 3.8) is 0 Å². The van der Waals surface area contributed by atoms with Gasteiger partial charge in [0.25, 0.3) is 0 Å². The zero-order chi connectivity index (χ0) is 11.6. The minimum atomic E-state index is -0.434. The van der Waals surface area contributed by atoms with Crippen LogP contribution in [0.1, 0.15) is 20.3 Å². The fraction of sp³-hybridized carbons (Fsp3) is 0.455. The second-order valence-electron chi connectivity index (χ2n) is 3.69. The molecule has 4 heteroatoms. The maximum atomic E-state index is 13.3. The van der Waals surface area contributed by atoms with Crippen LogP contribution in [0.5, 0.6) is 0 Å². The zero-order valence-electron chi connectivity index (χ0n) is 9.22. The van der Waals surface area contributed by atoms with E-state index in [9.17, 15) is 4.39 Å². The summed E-state index contributed by atoms with van der Waals surface area (Å²) in [6, 6.07) is 3.14. The molecule has 0 amide bonds. The van der Waals surface area contributed by atoms with E-state index in [2.05, 4.69) is 13.8 Å². The van der Waals surface area contributed by atoms with Crippen LogP contribution < -0.4 is 10.6 Å². The number of rotatable bonds is 3. The molecular weight excluding hydrogens is 215 g/mol. The lowest BCUT2D eigenvalue weighted by Crippen LogP contribution is -2.28. The molecule has 0 radical (unpaired) electrons. The van der Waals surface area contributed by atoms with Crippen LogP contribution in [-0.2, 0) is 0 Å². The SMILES string of the molecule is CCC(C)N(C)c1cc(F)c(Cl)cc1N. The molecule has 0 saturated heterocycles. The number of benzene rings is 1. The van der Waals surface area contributed by atoms with E-state index in [1.54, 1.807) is 0 Å². The maximum absolute atomic E-state index is 13.3. The molecule has 0 aromatic heterocycles. The van der Waals surface area contributed by atoms with Crippen LogP contribution in [0.25, 0.3) is 0 Å². The van der Waals surface area contributed by atoms with Gasteiger partial charge in [-0.25, -0.2) is 4.39 Å². The first-order valence-corrected chi connectivity index (χ1v) is 5.32. The van der Waals surface area contributed by atoms with Gasteiger partial charge in [0.2, 0.25) is 0 Å². The number of halogens is 2. The molecule has 1 aromatic rings. The molecule has 0 spiro atoms. The van der Waals surface area contributed by atoms with Crippen molar-refractivity contribution in [3.05, 3.63) is 23.0 Å². The van der Waals surface area contributed by atoms with Crippen molar-refractivity contribution in [3.8, 4) is 0 Å². The Kier molecular flexibility index (Phi) is 3.80. The van der Waals surface area contributed by atoms with Gasteiger partial charge in [0.15, 0.2) is 0 Å². The Morgan fingerprint density at radius 1 is 1.53 bits per heavy atom. The molecule has 1 aromatic carbocycles. The molecular formula is C11H16ClFN2. The van der Waals surface area contributed by atoms with E-state index >= 15 is 0 Å². The highest BCUT2D eigenvalue weighted by Crippen LogP contribution is 2.29. The number of nitrogen functional groups attached to an aromatic ring is 1. The normalized spacial score (nSPS) is 12.6. The number of hydrogen-bond donors (Lipinski definition) is 1. The van der Waals surface area contributed by atoms with Crippen molar-refractivity contribution in [2.45, 2.75) is 26.3 Å². The molecule has 0 aliphatic rings. The van der Waals surface area contributed by atoms with Crippen LogP contribution in [0.2, 0.25) is 5.02 Å². The highest BCUT2D eigenvalue weighted by Gasteiger charge is 2.13. The largest absolute Gasteiger partial charge is 0.397 e. The van der Waals surface area contributed by atoms with E-state index in [0.29, 0.717) is 17.4 Å². The summed E-state index contributed by atoms with van der Waals surface area (Å²) in [4.78, 5) is 1.95. The first-order chi connectivity index (χ1) is 6.97. The van der Waals surface area contributed by atoms with Crippen molar-refractivity contribution in [1.29, 1.82) is 0 Å². The van der Waals surface area contributed by atoms with Crippen LogP contribution in [0, 0.1) is 5.82 Å². The second-order valence-corrected chi connectivity index (χ2v) is 4.10. The van der Waals surface area contributed by atoms with Gasteiger partial charge >= 0.3 is 0 Å². The van der Waals surface area contributed by atoms with Gasteiger partial charge in [-0.3, -0.25) is 0 Å². The van der Waals surface area contributed by atoms with Gasteiger partial charge in [-0.15, -0.1) is 0 Å². The summed E-state index contributed by atoms with van der Waals surface area (Å²) in [5, 5.41) is 0.0637. The molecule has 2 nitrogen and oxygen atoms in total. The lowest BCUT2D eigenvalue weighted by atomic mass is 10.2. The summed E-state index contributed by atoms with van der Waals surface area (Å²) >= 11 is 5.63. The Balaban J connectivity index is 3.09. The zero-order valence-corrected chi connectivity index (χ0v) is 9.98. The summed E-state index contributed by atoms with van der Waals surface area (Å²) < 4.78 is 13.3. The van der Waals surface area contributed by atoms with E-state index in [-0.39, 0.29) is 5.02 Å². The van der Waals surface area contributed by atoms with Crippen molar-refractivity contribution in [2.75, 3.05) is 17.7 Å². The lowest BCUT2D eigenvalue weighted by Gasteiger charge is -2.27. The van der Waals surface area contributed by atoms with Crippen LogP contribution >= 0.6 is 11.6 Å². The van der Waals surface area contributed by atoms with Gasteiger partial charge in [0.1, 0.15) is 5.82 Å². The van der Waals surface area contributed by atoms with Crippen LogP contribution in [-0.4, -0.2) is 13.1 Å². The fourth-order valence-corrected chi connectivity index (χ4v) is 1.54. The van der Waals surface area contributed by atoms with E-state index < -0.39 is 5.82 Å². The van der Waals surface area contributed by atoms with Crippen molar-refractivity contribution < 1.29 is 4.39 Å². The third-order valence-corrected chi connectivity index (χ3v) is 2.99. The number of hydrogen-bond acceptors (Lipinski definition) is 2. The predicted octanol–water partition coefficient (Wildman–Crippen LogP) is 3.30. The summed E-state index contributed by atoms with van der Waals surface area (Å²) in [5.41, 5.74) is 6.98. The lowest BCUT2D eigenvalue weighted by molar-refractivity contribution is 0.622. The summed E-state index contributed by atoms with van der Waals surface area (Å²) in [6.07, 6.45) is 0.972. The van der Waals surface area contributed by atoms with Gasteiger partial charge in [0, 0.05) is 19.2 Å². The van der Waals surface area contributed by atoms with Crippen molar-refractivity contribution >= 4 is 23.0 Å². The number of anilines is 2. The first kappa shape index (κ1) is 12.1. The van der Waals surface area contributed by atoms with Crippen LogP contribution in [0.3, 0.4) is 0 Å². The fourth-order valence-electron chi connectivity index (χ4n) is 1.37. The monoisotopic (exact) mass is 230 g/mol. The van der Waals surface area contributed by atoms with E-state index in [1.165, 1.54) is 12.1 Å².